The fraction of sp³-hybridized carbons (Fsp3) is 0.308. The van der Waals surface area contributed by atoms with Crippen molar-refractivity contribution in [3.8, 4) is 11.8 Å². The van der Waals surface area contributed by atoms with E-state index < -0.39 is 11.9 Å². The van der Waals surface area contributed by atoms with Crippen molar-refractivity contribution in [3.05, 3.63) is 29.3 Å². The minimum absolute atomic E-state index is 0.147. The van der Waals surface area contributed by atoms with Crippen LogP contribution in [0.4, 0.5) is 0 Å². The quantitative estimate of drug-likeness (QED) is 0.721. The van der Waals surface area contributed by atoms with Crippen LogP contribution in [0.1, 0.15) is 11.1 Å². The summed E-state index contributed by atoms with van der Waals surface area (Å²) in [5, 5.41) is 17.7. The molecule has 1 aromatic carbocycles. The number of hydrogen-bond donors (Lipinski definition) is 2. The van der Waals surface area contributed by atoms with Crippen LogP contribution in [0.15, 0.2) is 18.2 Å². The number of carboxylic acid groups (broad SMARTS) is 1. The maximum absolute atomic E-state index is 11.0. The summed E-state index contributed by atoms with van der Waals surface area (Å²) in [6, 6.07) is 6.80. The number of methoxy groups -OCH3 is 1. The van der Waals surface area contributed by atoms with E-state index in [4.69, 9.17) is 20.8 Å². The van der Waals surface area contributed by atoms with Gasteiger partial charge < -0.3 is 15.6 Å². The SMILES string of the molecule is COc1ccc(C#N)cc1CN(CC(N)=O)CC(=O)O. The van der Waals surface area contributed by atoms with Gasteiger partial charge in [0.1, 0.15) is 5.75 Å². The Labute approximate surface area is 116 Å². The highest BCUT2D eigenvalue weighted by atomic mass is 16.5. The number of carbonyl (C=O) groups is 2. The summed E-state index contributed by atoms with van der Waals surface area (Å²) in [6.07, 6.45) is 0. The Morgan fingerprint density at radius 2 is 2.15 bits per heavy atom. The Hall–Kier alpha value is -2.59. The number of nitrogens with zero attached hydrogens (tertiary/aromatic N) is 2. The van der Waals surface area contributed by atoms with Gasteiger partial charge in [0.05, 0.1) is 31.8 Å². The number of ether oxygens (including phenoxy) is 1. The molecule has 7 nitrogen and oxygen atoms in total. The molecule has 0 saturated carbocycles. The molecule has 0 spiro atoms. The van der Waals surface area contributed by atoms with Crippen molar-refractivity contribution >= 4 is 11.9 Å². The van der Waals surface area contributed by atoms with Crippen LogP contribution >= 0.6 is 0 Å². The zero-order valence-corrected chi connectivity index (χ0v) is 11.0. The van der Waals surface area contributed by atoms with Crippen LogP contribution < -0.4 is 10.5 Å². The second kappa shape index (κ2) is 7.11. The summed E-state index contributed by atoms with van der Waals surface area (Å²) in [5.41, 5.74) is 6.14. The van der Waals surface area contributed by atoms with E-state index in [0.717, 1.165) is 0 Å². The summed E-state index contributed by atoms with van der Waals surface area (Å²) >= 11 is 0. The summed E-state index contributed by atoms with van der Waals surface area (Å²) < 4.78 is 5.16. The second-order valence-corrected chi connectivity index (χ2v) is 4.14. The summed E-state index contributed by atoms with van der Waals surface area (Å²) in [6.45, 7) is -0.372. The Balaban J connectivity index is 2.99. The van der Waals surface area contributed by atoms with Crippen LogP contribution in [0.2, 0.25) is 0 Å². The van der Waals surface area contributed by atoms with Gasteiger partial charge in [0.2, 0.25) is 5.91 Å². The molecular weight excluding hydrogens is 262 g/mol. The topological polar surface area (TPSA) is 117 Å². The lowest BCUT2D eigenvalue weighted by Gasteiger charge is -2.20. The van der Waals surface area contributed by atoms with Crippen molar-refractivity contribution in [2.75, 3.05) is 20.2 Å². The van der Waals surface area contributed by atoms with Gasteiger partial charge in [-0.1, -0.05) is 0 Å². The number of primary amides is 1. The zero-order chi connectivity index (χ0) is 15.1. The van der Waals surface area contributed by atoms with Gasteiger partial charge in [-0.3, -0.25) is 14.5 Å². The van der Waals surface area contributed by atoms with E-state index in [1.165, 1.54) is 12.0 Å². The number of nitrogens with two attached hydrogens (primary N) is 1. The lowest BCUT2D eigenvalue weighted by molar-refractivity contribution is -0.138. The predicted octanol–water partition coefficient (Wildman–Crippen LogP) is -0.0612. The molecule has 0 aliphatic rings. The molecule has 0 bridgehead atoms. The number of nitriles is 1. The van der Waals surface area contributed by atoms with Crippen LogP contribution in [-0.4, -0.2) is 42.1 Å². The maximum Gasteiger partial charge on any atom is 0.317 e. The van der Waals surface area contributed by atoms with E-state index >= 15 is 0 Å². The first-order valence-electron chi connectivity index (χ1n) is 5.75. The van der Waals surface area contributed by atoms with Crippen molar-refractivity contribution < 1.29 is 19.4 Å². The van der Waals surface area contributed by atoms with E-state index in [0.29, 0.717) is 16.9 Å². The van der Waals surface area contributed by atoms with Crippen molar-refractivity contribution in [2.24, 2.45) is 5.73 Å². The first-order chi connectivity index (χ1) is 9.46. The normalized spacial score (nSPS) is 10.1. The first-order valence-corrected chi connectivity index (χ1v) is 5.75. The molecule has 0 heterocycles. The van der Waals surface area contributed by atoms with E-state index in [9.17, 15) is 9.59 Å². The molecule has 0 aliphatic carbocycles. The van der Waals surface area contributed by atoms with E-state index in [1.54, 1.807) is 18.2 Å². The molecule has 1 rings (SSSR count). The number of carbonyl (C=O) groups excluding carboxylic acids is 1. The molecule has 106 valence electrons. The number of amides is 1. The average molecular weight is 277 g/mol. The fourth-order valence-electron chi connectivity index (χ4n) is 1.79. The van der Waals surface area contributed by atoms with Crippen molar-refractivity contribution in [1.82, 2.24) is 4.90 Å². The molecule has 0 saturated heterocycles. The molecule has 0 fully saturated rings. The fourth-order valence-corrected chi connectivity index (χ4v) is 1.79. The molecule has 1 amide bonds. The van der Waals surface area contributed by atoms with Gasteiger partial charge in [-0.15, -0.1) is 0 Å². The minimum Gasteiger partial charge on any atom is -0.496 e. The Morgan fingerprint density at radius 1 is 1.45 bits per heavy atom. The average Bonchev–Trinajstić information content (AvgIpc) is 2.37. The molecule has 0 unspecified atom stereocenters. The maximum atomic E-state index is 11.0. The Bertz CT molecular complexity index is 535. The highest BCUT2D eigenvalue weighted by Gasteiger charge is 2.15. The molecule has 20 heavy (non-hydrogen) atoms. The van der Waals surface area contributed by atoms with Gasteiger partial charge in [0, 0.05) is 12.1 Å². The summed E-state index contributed by atoms with van der Waals surface area (Å²) in [7, 11) is 1.47. The van der Waals surface area contributed by atoms with Crippen LogP contribution in [0.25, 0.3) is 0 Å². The molecule has 3 N–H and O–H groups in total. The predicted molar refractivity (Wildman–Crippen MR) is 69.8 cm³/mol. The third-order valence-corrected chi connectivity index (χ3v) is 2.54. The van der Waals surface area contributed by atoms with Gasteiger partial charge in [-0.25, -0.2) is 0 Å². The van der Waals surface area contributed by atoms with E-state index in [2.05, 4.69) is 0 Å². The summed E-state index contributed by atoms with van der Waals surface area (Å²) in [5.74, 6) is -1.17. The van der Waals surface area contributed by atoms with Crippen molar-refractivity contribution in [3.63, 3.8) is 0 Å². The molecule has 7 heteroatoms. The van der Waals surface area contributed by atoms with Gasteiger partial charge >= 0.3 is 5.97 Å². The highest BCUT2D eigenvalue weighted by molar-refractivity contribution is 5.77. The number of benzene rings is 1. The molecule has 0 aromatic heterocycles. The molecule has 0 radical (unpaired) electrons. The monoisotopic (exact) mass is 277 g/mol. The van der Waals surface area contributed by atoms with Gasteiger partial charge in [-0.05, 0) is 18.2 Å². The Morgan fingerprint density at radius 3 is 2.65 bits per heavy atom. The Kier molecular flexibility index (Phi) is 5.50. The van der Waals surface area contributed by atoms with Crippen molar-refractivity contribution in [2.45, 2.75) is 6.54 Å². The van der Waals surface area contributed by atoms with Crippen LogP contribution in [-0.2, 0) is 16.1 Å². The first kappa shape index (κ1) is 15.5. The number of carboxylic acids is 1. The second-order valence-electron chi connectivity index (χ2n) is 4.14. The molecular formula is C13H15N3O4. The lowest BCUT2D eigenvalue weighted by atomic mass is 10.1. The molecule has 0 aliphatic heterocycles. The van der Waals surface area contributed by atoms with Crippen molar-refractivity contribution in [1.29, 1.82) is 5.26 Å². The lowest BCUT2D eigenvalue weighted by Crippen LogP contribution is -2.37. The molecule has 1 aromatic rings. The van der Waals surface area contributed by atoms with Crippen LogP contribution in [0.3, 0.4) is 0 Å². The third-order valence-electron chi connectivity index (χ3n) is 2.54. The number of aliphatic carboxylic acids is 1. The van der Waals surface area contributed by atoms with E-state index in [-0.39, 0.29) is 19.6 Å². The highest BCUT2D eigenvalue weighted by Crippen LogP contribution is 2.21. The van der Waals surface area contributed by atoms with Gasteiger partial charge in [-0.2, -0.15) is 5.26 Å². The van der Waals surface area contributed by atoms with Gasteiger partial charge in [0.15, 0.2) is 0 Å². The number of rotatable bonds is 7. The summed E-state index contributed by atoms with van der Waals surface area (Å²) in [4.78, 5) is 23.1. The number of hydrogen-bond acceptors (Lipinski definition) is 5. The standard InChI is InChI=1S/C13H15N3O4/c1-20-11-3-2-9(5-14)4-10(11)6-16(7-12(15)17)8-13(18)19/h2-4H,6-8H2,1H3,(H2,15,17)(H,18,19). The smallest absolute Gasteiger partial charge is 0.317 e. The molecule has 0 atom stereocenters. The third kappa shape index (κ3) is 4.59. The van der Waals surface area contributed by atoms with Crippen LogP contribution in [0, 0.1) is 11.3 Å². The minimum atomic E-state index is -1.07. The van der Waals surface area contributed by atoms with Gasteiger partial charge in [0.25, 0.3) is 0 Å². The van der Waals surface area contributed by atoms with E-state index in [1.807, 2.05) is 6.07 Å². The van der Waals surface area contributed by atoms with Crippen LogP contribution in [0.5, 0.6) is 5.75 Å². The largest absolute Gasteiger partial charge is 0.496 e. The zero-order valence-electron chi connectivity index (χ0n) is 11.0.